The van der Waals surface area contributed by atoms with E-state index in [1.54, 1.807) is 0 Å². The molecule has 1 amide bonds. The van der Waals surface area contributed by atoms with Gasteiger partial charge < -0.3 is 10.6 Å². The van der Waals surface area contributed by atoms with Crippen molar-refractivity contribution in [2.24, 2.45) is 5.92 Å². The van der Waals surface area contributed by atoms with E-state index in [-0.39, 0.29) is 5.91 Å². The Morgan fingerprint density at radius 2 is 1.92 bits per heavy atom. The van der Waals surface area contributed by atoms with E-state index in [1.165, 1.54) is 36.8 Å². The molecule has 2 atom stereocenters. The van der Waals surface area contributed by atoms with Gasteiger partial charge in [-0.1, -0.05) is 24.3 Å². The summed E-state index contributed by atoms with van der Waals surface area (Å²) >= 11 is 0. The van der Waals surface area contributed by atoms with E-state index in [0.717, 1.165) is 45.4 Å². The second-order valence-electron chi connectivity index (χ2n) is 8.18. The first-order valence-electron chi connectivity index (χ1n) is 10.1. The third kappa shape index (κ3) is 4.42. The summed E-state index contributed by atoms with van der Waals surface area (Å²) in [7, 11) is 0. The van der Waals surface area contributed by atoms with Crippen LogP contribution in [0.1, 0.15) is 49.7 Å². The second-order valence-corrected chi connectivity index (χ2v) is 8.18. The predicted molar refractivity (Wildman–Crippen MR) is 100 cm³/mol. The number of hydrogen-bond donors (Lipinski definition) is 2. The summed E-state index contributed by atoms with van der Waals surface area (Å²) in [5.74, 6) is 0.854. The third-order valence-electron chi connectivity index (χ3n) is 6.23. The number of piperidine rings is 1. The smallest absolute Gasteiger partial charge is 0.220 e. The summed E-state index contributed by atoms with van der Waals surface area (Å²) in [6.45, 7) is 4.09. The normalized spacial score (nSPS) is 28.6. The zero-order chi connectivity index (χ0) is 17.1. The van der Waals surface area contributed by atoms with E-state index in [4.69, 9.17) is 0 Å². The van der Waals surface area contributed by atoms with Crippen LogP contribution in [-0.2, 0) is 17.8 Å². The summed E-state index contributed by atoms with van der Waals surface area (Å²) in [5, 5.41) is 6.80. The SMILES string of the molecule is O=C(CC1CC2CCC(C1)N2)NCCCN1CCc2ccccc2C1. The first-order chi connectivity index (χ1) is 12.3. The molecule has 4 nitrogen and oxygen atoms in total. The van der Waals surface area contributed by atoms with Gasteiger partial charge in [0, 0.05) is 44.7 Å². The number of amides is 1. The molecule has 2 fully saturated rings. The highest BCUT2D eigenvalue weighted by Crippen LogP contribution is 2.32. The highest BCUT2D eigenvalue weighted by Gasteiger charge is 2.34. The number of benzene rings is 1. The van der Waals surface area contributed by atoms with Crippen LogP contribution < -0.4 is 10.6 Å². The number of carbonyl (C=O) groups excluding carboxylic acids is 1. The lowest BCUT2D eigenvalue weighted by Crippen LogP contribution is -2.40. The molecule has 4 heteroatoms. The Balaban J connectivity index is 1.12. The third-order valence-corrected chi connectivity index (χ3v) is 6.23. The minimum absolute atomic E-state index is 0.260. The summed E-state index contributed by atoms with van der Waals surface area (Å²) in [4.78, 5) is 14.7. The Labute approximate surface area is 151 Å². The number of nitrogens with one attached hydrogen (secondary N) is 2. The molecule has 1 aromatic carbocycles. The van der Waals surface area contributed by atoms with Gasteiger partial charge in [0.25, 0.3) is 0 Å². The number of carbonyl (C=O) groups is 1. The molecule has 2 bridgehead atoms. The van der Waals surface area contributed by atoms with E-state index in [9.17, 15) is 4.79 Å². The van der Waals surface area contributed by atoms with Crippen molar-refractivity contribution in [3.63, 3.8) is 0 Å². The molecule has 2 unspecified atom stereocenters. The van der Waals surface area contributed by atoms with E-state index < -0.39 is 0 Å². The Morgan fingerprint density at radius 3 is 2.72 bits per heavy atom. The standard InChI is InChI=1S/C21H31N3O/c25-21(14-16-12-19-6-7-20(13-16)23-19)22-9-3-10-24-11-8-17-4-1-2-5-18(17)15-24/h1-2,4-5,16,19-20,23H,3,6-15H2,(H,22,25). The molecule has 136 valence electrons. The largest absolute Gasteiger partial charge is 0.356 e. The quantitative estimate of drug-likeness (QED) is 0.781. The fourth-order valence-corrected chi connectivity index (χ4v) is 4.95. The number of fused-ring (bicyclic) bond motifs is 3. The number of hydrogen-bond acceptors (Lipinski definition) is 3. The Hall–Kier alpha value is -1.39. The summed E-state index contributed by atoms with van der Waals surface area (Å²) in [6, 6.07) is 10.1. The second kappa shape index (κ2) is 7.88. The van der Waals surface area contributed by atoms with Crippen LogP contribution in [0.15, 0.2) is 24.3 Å². The van der Waals surface area contributed by atoms with Gasteiger partial charge in [0.15, 0.2) is 0 Å². The maximum Gasteiger partial charge on any atom is 0.220 e. The van der Waals surface area contributed by atoms with Gasteiger partial charge in [0.05, 0.1) is 0 Å². The molecule has 25 heavy (non-hydrogen) atoms. The van der Waals surface area contributed by atoms with Gasteiger partial charge in [-0.3, -0.25) is 9.69 Å². The first kappa shape index (κ1) is 17.0. The number of nitrogens with zero attached hydrogens (tertiary/aromatic N) is 1. The van der Waals surface area contributed by atoms with E-state index in [2.05, 4.69) is 39.8 Å². The van der Waals surface area contributed by atoms with Crippen LogP contribution in [0.25, 0.3) is 0 Å². The van der Waals surface area contributed by atoms with Gasteiger partial charge in [0.2, 0.25) is 5.91 Å². The highest BCUT2D eigenvalue weighted by molar-refractivity contribution is 5.76. The Bertz CT molecular complexity index is 591. The molecule has 0 aliphatic carbocycles. The van der Waals surface area contributed by atoms with Crippen LogP contribution in [0, 0.1) is 5.92 Å². The highest BCUT2D eigenvalue weighted by atomic mass is 16.1. The summed E-state index contributed by atoms with van der Waals surface area (Å²) < 4.78 is 0. The van der Waals surface area contributed by atoms with Crippen LogP contribution in [0.3, 0.4) is 0 Å². The molecule has 0 aromatic heterocycles. The van der Waals surface area contributed by atoms with Crippen LogP contribution >= 0.6 is 0 Å². The molecule has 2 saturated heterocycles. The molecule has 0 radical (unpaired) electrons. The molecular formula is C21H31N3O. The fraction of sp³-hybridized carbons (Fsp3) is 0.667. The average molecular weight is 341 g/mol. The maximum absolute atomic E-state index is 12.2. The van der Waals surface area contributed by atoms with E-state index in [1.807, 2.05) is 0 Å². The fourth-order valence-electron chi connectivity index (χ4n) is 4.95. The van der Waals surface area contributed by atoms with Gasteiger partial charge in [-0.2, -0.15) is 0 Å². The molecule has 3 aliphatic heterocycles. The van der Waals surface area contributed by atoms with Crippen molar-refractivity contribution < 1.29 is 4.79 Å². The molecule has 3 heterocycles. The van der Waals surface area contributed by atoms with E-state index in [0.29, 0.717) is 18.0 Å². The van der Waals surface area contributed by atoms with Crippen molar-refractivity contribution in [1.82, 2.24) is 15.5 Å². The molecule has 3 aliphatic rings. The average Bonchev–Trinajstić information content (AvgIpc) is 2.97. The van der Waals surface area contributed by atoms with Crippen molar-refractivity contribution in [3.05, 3.63) is 35.4 Å². The zero-order valence-electron chi connectivity index (χ0n) is 15.2. The lowest BCUT2D eigenvalue weighted by Gasteiger charge is -2.29. The van der Waals surface area contributed by atoms with E-state index >= 15 is 0 Å². The minimum atomic E-state index is 0.260. The van der Waals surface area contributed by atoms with Crippen LogP contribution in [0.2, 0.25) is 0 Å². The van der Waals surface area contributed by atoms with Crippen LogP contribution in [0.5, 0.6) is 0 Å². The van der Waals surface area contributed by atoms with Crippen molar-refractivity contribution in [1.29, 1.82) is 0 Å². The molecular weight excluding hydrogens is 310 g/mol. The molecule has 0 saturated carbocycles. The number of rotatable bonds is 6. The van der Waals surface area contributed by atoms with Gasteiger partial charge in [0.1, 0.15) is 0 Å². The summed E-state index contributed by atoms with van der Waals surface area (Å²) in [5.41, 5.74) is 2.97. The van der Waals surface area contributed by atoms with Crippen molar-refractivity contribution >= 4 is 5.91 Å². The lowest BCUT2D eigenvalue weighted by molar-refractivity contribution is -0.122. The molecule has 0 spiro atoms. The van der Waals surface area contributed by atoms with Crippen molar-refractivity contribution in [3.8, 4) is 0 Å². The minimum Gasteiger partial charge on any atom is -0.356 e. The Morgan fingerprint density at radius 1 is 1.16 bits per heavy atom. The molecule has 2 N–H and O–H groups in total. The van der Waals surface area contributed by atoms with Crippen molar-refractivity contribution in [2.75, 3.05) is 19.6 Å². The van der Waals surface area contributed by atoms with Crippen molar-refractivity contribution in [2.45, 2.75) is 63.6 Å². The molecule has 1 aromatic rings. The molecule has 4 rings (SSSR count). The van der Waals surface area contributed by atoms with Gasteiger partial charge >= 0.3 is 0 Å². The van der Waals surface area contributed by atoms with Gasteiger partial charge in [-0.15, -0.1) is 0 Å². The maximum atomic E-state index is 12.2. The topological polar surface area (TPSA) is 44.4 Å². The van der Waals surface area contributed by atoms with Crippen LogP contribution in [-0.4, -0.2) is 42.5 Å². The van der Waals surface area contributed by atoms with Crippen LogP contribution in [0.4, 0.5) is 0 Å². The Kier molecular flexibility index (Phi) is 5.37. The lowest BCUT2D eigenvalue weighted by atomic mass is 9.89. The predicted octanol–water partition coefficient (Wildman–Crippen LogP) is 2.47. The monoisotopic (exact) mass is 341 g/mol. The summed E-state index contributed by atoms with van der Waals surface area (Å²) in [6.07, 6.45) is 7.93. The zero-order valence-corrected chi connectivity index (χ0v) is 15.2. The first-order valence-corrected chi connectivity index (χ1v) is 10.1. The van der Waals surface area contributed by atoms with Gasteiger partial charge in [-0.25, -0.2) is 0 Å². The van der Waals surface area contributed by atoms with Gasteiger partial charge in [-0.05, 0) is 55.6 Å².